The van der Waals surface area contributed by atoms with E-state index < -0.39 is 23.4 Å². The number of carboxylic acid groups (broad SMARTS) is 2. The van der Waals surface area contributed by atoms with E-state index in [1.807, 2.05) is 4.90 Å². The summed E-state index contributed by atoms with van der Waals surface area (Å²) in [5, 5.41) is 18.0. The average Bonchev–Trinajstić information content (AvgIpc) is 2.57. The highest BCUT2D eigenvalue weighted by atomic mass is 16.4. The first kappa shape index (κ1) is 9.45. The van der Waals surface area contributed by atoms with E-state index in [-0.39, 0.29) is 6.42 Å². The van der Waals surface area contributed by atoms with Crippen LogP contribution in [0, 0.1) is 5.92 Å². The summed E-state index contributed by atoms with van der Waals surface area (Å²) < 4.78 is 0. The van der Waals surface area contributed by atoms with Gasteiger partial charge in [-0.3, -0.25) is 14.5 Å². The van der Waals surface area contributed by atoms with E-state index in [1.54, 1.807) is 0 Å². The van der Waals surface area contributed by atoms with Crippen LogP contribution in [0.25, 0.3) is 0 Å². The highest BCUT2D eigenvalue weighted by Crippen LogP contribution is 2.41. The van der Waals surface area contributed by atoms with E-state index in [2.05, 4.69) is 0 Å². The van der Waals surface area contributed by atoms with Crippen molar-refractivity contribution in [3.63, 3.8) is 0 Å². The molecule has 0 aliphatic carbocycles. The van der Waals surface area contributed by atoms with Gasteiger partial charge in [0.1, 0.15) is 5.54 Å². The molecule has 5 heteroatoms. The molecule has 0 amide bonds. The zero-order valence-electron chi connectivity index (χ0n) is 7.77. The number of rotatable bonds is 2. The van der Waals surface area contributed by atoms with Gasteiger partial charge in [-0.15, -0.1) is 0 Å². The lowest BCUT2D eigenvalue weighted by molar-refractivity contribution is -0.148. The van der Waals surface area contributed by atoms with Crippen LogP contribution in [0.1, 0.15) is 19.3 Å². The van der Waals surface area contributed by atoms with Crippen molar-refractivity contribution in [3.8, 4) is 0 Å². The summed E-state index contributed by atoms with van der Waals surface area (Å²) in [6.07, 6.45) is 1.71. The van der Waals surface area contributed by atoms with E-state index in [9.17, 15) is 9.59 Å². The fraction of sp³-hybridized carbons (Fsp3) is 0.778. The fourth-order valence-electron chi connectivity index (χ4n) is 2.66. The van der Waals surface area contributed by atoms with Gasteiger partial charge in [0.05, 0.1) is 5.92 Å². The molecule has 0 aromatic heterocycles. The Labute approximate surface area is 81.3 Å². The molecule has 2 N–H and O–H groups in total. The predicted molar refractivity (Wildman–Crippen MR) is 46.9 cm³/mol. The monoisotopic (exact) mass is 199 g/mol. The van der Waals surface area contributed by atoms with Crippen LogP contribution in [-0.2, 0) is 9.59 Å². The zero-order valence-corrected chi connectivity index (χ0v) is 7.77. The SMILES string of the molecule is O=C(O)C1CN2CCCC2(C(=O)O)C1. The standard InChI is InChI=1S/C9H13NO4/c11-7(12)6-4-9(8(13)14)2-1-3-10(9)5-6/h6H,1-5H2,(H,11,12)(H,13,14). The Bertz CT molecular complexity index is 291. The maximum Gasteiger partial charge on any atom is 0.324 e. The van der Waals surface area contributed by atoms with Crippen molar-refractivity contribution >= 4 is 11.9 Å². The summed E-state index contributed by atoms with van der Waals surface area (Å²) >= 11 is 0. The van der Waals surface area contributed by atoms with Crippen molar-refractivity contribution in [2.24, 2.45) is 5.92 Å². The maximum atomic E-state index is 11.1. The fourth-order valence-corrected chi connectivity index (χ4v) is 2.66. The number of carboxylic acids is 2. The zero-order chi connectivity index (χ0) is 10.3. The van der Waals surface area contributed by atoms with Crippen molar-refractivity contribution in [3.05, 3.63) is 0 Å². The molecule has 0 radical (unpaired) electrons. The van der Waals surface area contributed by atoms with Crippen LogP contribution in [0.3, 0.4) is 0 Å². The molecule has 5 nitrogen and oxygen atoms in total. The molecule has 2 aliphatic heterocycles. The van der Waals surface area contributed by atoms with Crippen molar-refractivity contribution < 1.29 is 19.8 Å². The second kappa shape index (κ2) is 2.95. The van der Waals surface area contributed by atoms with Gasteiger partial charge in [0, 0.05) is 6.54 Å². The first-order chi connectivity index (χ1) is 6.56. The molecule has 2 fully saturated rings. The molecule has 2 heterocycles. The Morgan fingerprint density at radius 3 is 2.57 bits per heavy atom. The van der Waals surface area contributed by atoms with E-state index in [4.69, 9.17) is 10.2 Å². The minimum absolute atomic E-state index is 0.262. The molecule has 0 bridgehead atoms. The first-order valence-corrected chi connectivity index (χ1v) is 4.77. The van der Waals surface area contributed by atoms with Crippen LogP contribution < -0.4 is 0 Å². The number of aliphatic carboxylic acids is 2. The number of hydrogen-bond donors (Lipinski definition) is 2. The molecule has 2 aliphatic rings. The van der Waals surface area contributed by atoms with Crippen LogP contribution in [0.15, 0.2) is 0 Å². The van der Waals surface area contributed by atoms with Gasteiger partial charge in [-0.1, -0.05) is 0 Å². The molecular weight excluding hydrogens is 186 g/mol. The van der Waals surface area contributed by atoms with Gasteiger partial charge in [-0.2, -0.15) is 0 Å². The lowest BCUT2D eigenvalue weighted by atomic mass is 9.90. The van der Waals surface area contributed by atoms with Crippen LogP contribution >= 0.6 is 0 Å². The molecular formula is C9H13NO4. The largest absolute Gasteiger partial charge is 0.481 e. The van der Waals surface area contributed by atoms with Crippen LogP contribution in [-0.4, -0.2) is 45.7 Å². The Kier molecular flexibility index (Phi) is 1.99. The van der Waals surface area contributed by atoms with E-state index >= 15 is 0 Å². The van der Waals surface area contributed by atoms with Gasteiger partial charge >= 0.3 is 11.9 Å². The molecule has 0 aromatic carbocycles. The van der Waals surface area contributed by atoms with Gasteiger partial charge in [-0.05, 0) is 25.8 Å². The summed E-state index contributed by atoms with van der Waals surface area (Å²) in [5.74, 6) is -2.25. The van der Waals surface area contributed by atoms with Gasteiger partial charge in [0.15, 0.2) is 0 Å². The molecule has 0 saturated carbocycles. The molecule has 0 aromatic rings. The highest BCUT2D eigenvalue weighted by Gasteiger charge is 2.55. The Morgan fingerprint density at radius 1 is 1.36 bits per heavy atom. The van der Waals surface area contributed by atoms with Gasteiger partial charge in [0.2, 0.25) is 0 Å². The lowest BCUT2D eigenvalue weighted by Crippen LogP contribution is -2.45. The molecule has 2 atom stereocenters. The molecule has 2 rings (SSSR count). The number of nitrogens with zero attached hydrogens (tertiary/aromatic N) is 1. The highest BCUT2D eigenvalue weighted by molar-refractivity contribution is 5.82. The van der Waals surface area contributed by atoms with Crippen LogP contribution in [0.5, 0.6) is 0 Å². The first-order valence-electron chi connectivity index (χ1n) is 4.77. The van der Waals surface area contributed by atoms with Crippen molar-refractivity contribution in [2.45, 2.75) is 24.8 Å². The molecule has 14 heavy (non-hydrogen) atoms. The molecule has 78 valence electrons. The minimum atomic E-state index is -0.875. The van der Waals surface area contributed by atoms with Gasteiger partial charge in [-0.25, -0.2) is 0 Å². The molecule has 2 saturated heterocycles. The maximum absolute atomic E-state index is 11.1. The Hall–Kier alpha value is -1.10. The smallest absolute Gasteiger partial charge is 0.324 e. The molecule has 2 unspecified atom stereocenters. The van der Waals surface area contributed by atoms with Crippen LogP contribution in [0.2, 0.25) is 0 Å². The van der Waals surface area contributed by atoms with Crippen molar-refractivity contribution in [2.75, 3.05) is 13.1 Å². The average molecular weight is 199 g/mol. The second-order valence-corrected chi connectivity index (χ2v) is 4.13. The van der Waals surface area contributed by atoms with E-state index in [0.717, 1.165) is 13.0 Å². The van der Waals surface area contributed by atoms with E-state index in [0.29, 0.717) is 13.0 Å². The summed E-state index contributed by atoms with van der Waals surface area (Å²) in [6, 6.07) is 0. The quantitative estimate of drug-likeness (QED) is 0.655. The third-order valence-electron chi connectivity index (χ3n) is 3.40. The second-order valence-electron chi connectivity index (χ2n) is 4.13. The summed E-state index contributed by atoms with van der Waals surface area (Å²) in [6.45, 7) is 1.11. The minimum Gasteiger partial charge on any atom is -0.481 e. The topological polar surface area (TPSA) is 77.8 Å². The lowest BCUT2D eigenvalue weighted by Gasteiger charge is -2.26. The Balaban J connectivity index is 2.23. The van der Waals surface area contributed by atoms with Gasteiger partial charge in [0.25, 0.3) is 0 Å². The van der Waals surface area contributed by atoms with E-state index in [1.165, 1.54) is 0 Å². The summed E-state index contributed by atoms with van der Waals surface area (Å²) in [7, 11) is 0. The summed E-state index contributed by atoms with van der Waals surface area (Å²) in [5.41, 5.74) is -0.872. The number of fused-ring (bicyclic) bond motifs is 1. The normalized spacial score (nSPS) is 37.0. The predicted octanol–water partition coefficient (Wildman–Crippen LogP) is 0.0101. The Morgan fingerprint density at radius 2 is 2.07 bits per heavy atom. The third-order valence-corrected chi connectivity index (χ3v) is 3.40. The van der Waals surface area contributed by atoms with Crippen LogP contribution in [0.4, 0.5) is 0 Å². The van der Waals surface area contributed by atoms with Crippen molar-refractivity contribution in [1.82, 2.24) is 4.90 Å². The van der Waals surface area contributed by atoms with Gasteiger partial charge < -0.3 is 10.2 Å². The van der Waals surface area contributed by atoms with Crippen molar-refractivity contribution in [1.29, 1.82) is 0 Å². The third kappa shape index (κ3) is 1.12. The number of carbonyl (C=O) groups is 2. The number of hydrogen-bond acceptors (Lipinski definition) is 3. The summed E-state index contributed by atoms with van der Waals surface area (Å²) in [4.78, 5) is 23.7. The molecule has 0 spiro atoms.